The fourth-order valence-electron chi connectivity index (χ4n) is 4.59. The van der Waals surface area contributed by atoms with E-state index in [1.165, 1.54) is 161 Å². The lowest BCUT2D eigenvalue weighted by Crippen LogP contribution is -1.84. The highest BCUT2D eigenvalue weighted by Gasteiger charge is 1.96. The van der Waals surface area contributed by atoms with E-state index in [9.17, 15) is 0 Å². The van der Waals surface area contributed by atoms with E-state index in [1.54, 1.807) is 0 Å². The highest BCUT2D eigenvalue weighted by atomic mass is 14.4. The molecule has 0 rings (SSSR count). The molecule has 0 heterocycles. The normalized spacial score (nSPS) is 10.9. The van der Waals surface area contributed by atoms with Crippen LogP contribution >= 0.6 is 0 Å². The molecular formula is C30H57N. The molecule has 0 bridgehead atoms. The number of nitrogens with zero attached hydrogens (tertiary/aromatic N) is 1. The van der Waals surface area contributed by atoms with Gasteiger partial charge in [-0.15, -0.1) is 0 Å². The van der Waals surface area contributed by atoms with Gasteiger partial charge in [-0.1, -0.05) is 179 Å². The first kappa shape index (κ1) is 30.4. The van der Waals surface area contributed by atoms with Gasteiger partial charge >= 0.3 is 0 Å². The fraction of sp³-hybridized carbons (Fsp3) is 0.933. The van der Waals surface area contributed by atoms with E-state index in [0.717, 1.165) is 12.8 Å². The molecule has 0 N–H and O–H groups in total. The quantitative estimate of drug-likeness (QED) is 0.0959. The summed E-state index contributed by atoms with van der Waals surface area (Å²) in [5, 5.41) is 0. The van der Waals surface area contributed by atoms with E-state index >= 15 is 0 Å². The van der Waals surface area contributed by atoms with Gasteiger partial charge in [0.25, 0.3) is 0 Å². The van der Waals surface area contributed by atoms with Crippen LogP contribution in [0.4, 0.5) is 0 Å². The summed E-state index contributed by atoms with van der Waals surface area (Å²) in [5.74, 6) is 2.72. The molecule has 1 nitrogen and oxygen atoms in total. The largest absolute Gasteiger partial charge is 0.0878 e. The summed E-state index contributed by atoms with van der Waals surface area (Å²) in [7, 11) is 0. The first-order valence-corrected chi connectivity index (χ1v) is 14.5. The van der Waals surface area contributed by atoms with Crippen molar-refractivity contribution in [1.29, 1.82) is 0 Å². The molecule has 1 heteroatoms. The number of hydrogen-bond acceptors (Lipinski definition) is 0. The second-order valence-electron chi connectivity index (χ2n) is 9.88. The Morgan fingerprint density at radius 1 is 0.355 bits per heavy atom. The maximum absolute atomic E-state index is 8.40. The minimum atomic E-state index is 0.857. The van der Waals surface area contributed by atoms with Crippen LogP contribution in [-0.2, 0) is 0 Å². The van der Waals surface area contributed by atoms with Gasteiger partial charge in [-0.2, -0.15) is 0 Å². The average Bonchev–Trinajstić information content (AvgIpc) is 2.78. The van der Waals surface area contributed by atoms with E-state index in [0.29, 0.717) is 0 Å². The van der Waals surface area contributed by atoms with Crippen LogP contribution in [0.3, 0.4) is 0 Å². The molecule has 0 saturated carbocycles. The van der Waals surface area contributed by atoms with Crippen LogP contribution in [0.25, 0.3) is 0 Å². The molecule has 0 aromatic heterocycles. The molecule has 31 heavy (non-hydrogen) atoms. The Bertz CT molecular complexity index is 364. The zero-order chi connectivity index (χ0) is 22.5. The van der Waals surface area contributed by atoms with E-state index in [-0.39, 0.29) is 0 Å². The lowest BCUT2D eigenvalue weighted by molar-refractivity contribution is 0.515. The van der Waals surface area contributed by atoms with Crippen molar-refractivity contribution in [3.05, 3.63) is 0 Å². The molecule has 0 aliphatic carbocycles. The maximum Gasteiger partial charge on any atom is 0.0584 e. The van der Waals surface area contributed by atoms with Gasteiger partial charge in [-0.25, -0.2) is 0 Å². The molecule has 0 saturated heterocycles. The first-order chi connectivity index (χ1) is 15.4. The van der Waals surface area contributed by atoms with Gasteiger partial charge in [0.2, 0.25) is 0 Å². The molecule has 0 aromatic rings. The summed E-state index contributed by atoms with van der Waals surface area (Å²) in [6.07, 6.45) is 38.1. The summed E-state index contributed by atoms with van der Waals surface area (Å²) in [6.45, 7) is 2.30. The summed E-state index contributed by atoms with van der Waals surface area (Å²) >= 11 is 0. The zero-order valence-electron chi connectivity index (χ0n) is 21.5. The summed E-state index contributed by atoms with van der Waals surface area (Å²) in [6, 6.07) is 1.99. The van der Waals surface area contributed by atoms with Crippen molar-refractivity contribution in [3.63, 3.8) is 0 Å². The van der Waals surface area contributed by atoms with Crippen LogP contribution in [0, 0.1) is 12.0 Å². The van der Waals surface area contributed by atoms with Gasteiger partial charge in [-0.05, 0) is 6.42 Å². The zero-order valence-corrected chi connectivity index (χ0v) is 21.5. The second-order valence-corrected chi connectivity index (χ2v) is 9.88. The van der Waals surface area contributed by atoms with E-state index in [1.807, 2.05) is 6.04 Å². The van der Waals surface area contributed by atoms with Crippen LogP contribution in [0.5, 0.6) is 0 Å². The van der Waals surface area contributed by atoms with Crippen molar-refractivity contribution in [1.82, 2.24) is 5.73 Å². The minimum absolute atomic E-state index is 0.857. The summed E-state index contributed by atoms with van der Waals surface area (Å²) in [5.41, 5.74) is 8.40. The van der Waals surface area contributed by atoms with E-state index in [4.69, 9.17) is 5.73 Å². The topological polar surface area (TPSA) is 22.3 Å². The van der Waals surface area contributed by atoms with Gasteiger partial charge in [0, 0.05) is 6.42 Å². The molecule has 0 spiro atoms. The van der Waals surface area contributed by atoms with Gasteiger partial charge in [-0.3, -0.25) is 0 Å². The third-order valence-corrected chi connectivity index (χ3v) is 6.73. The van der Waals surface area contributed by atoms with Crippen LogP contribution in [0.2, 0.25) is 0 Å². The average molecular weight is 432 g/mol. The molecule has 2 radical (unpaired) electrons. The third kappa shape index (κ3) is 29.4. The van der Waals surface area contributed by atoms with Crippen molar-refractivity contribution >= 4 is 0 Å². The molecule has 0 unspecified atom stereocenters. The molecule has 0 amide bonds. The summed E-state index contributed by atoms with van der Waals surface area (Å²) in [4.78, 5) is 0. The Labute approximate surface area is 198 Å². The highest BCUT2D eigenvalue weighted by molar-refractivity contribution is 4.92. The molecule has 0 aromatic carbocycles. The van der Waals surface area contributed by atoms with Crippen molar-refractivity contribution in [2.45, 2.75) is 180 Å². The van der Waals surface area contributed by atoms with Gasteiger partial charge in [0.15, 0.2) is 0 Å². The Balaban J connectivity index is 3.00. The second kappa shape index (κ2) is 29.4. The van der Waals surface area contributed by atoms with Crippen LogP contribution in [-0.4, -0.2) is 0 Å². The Kier molecular flexibility index (Phi) is 28.8. The smallest absolute Gasteiger partial charge is 0.0584 e. The lowest BCUT2D eigenvalue weighted by atomic mass is 10.0. The fourth-order valence-corrected chi connectivity index (χ4v) is 4.59. The highest BCUT2D eigenvalue weighted by Crippen LogP contribution is 2.16. The molecular weight excluding hydrogens is 374 g/mol. The van der Waals surface area contributed by atoms with Gasteiger partial charge in [0.05, 0.1) is 6.04 Å². The molecule has 0 aliphatic rings. The van der Waals surface area contributed by atoms with Crippen LogP contribution in [0.15, 0.2) is 0 Å². The van der Waals surface area contributed by atoms with Crippen molar-refractivity contribution in [2.75, 3.05) is 0 Å². The Hall–Kier alpha value is -0.640. The number of rotatable bonds is 26. The maximum atomic E-state index is 8.40. The molecule has 0 atom stereocenters. The van der Waals surface area contributed by atoms with Crippen molar-refractivity contribution in [2.24, 2.45) is 0 Å². The van der Waals surface area contributed by atoms with Crippen LogP contribution in [0.1, 0.15) is 180 Å². The van der Waals surface area contributed by atoms with Crippen LogP contribution < -0.4 is 5.73 Å². The Morgan fingerprint density at radius 3 is 0.806 bits per heavy atom. The lowest BCUT2D eigenvalue weighted by Gasteiger charge is -2.04. The van der Waals surface area contributed by atoms with Crippen molar-refractivity contribution < 1.29 is 0 Å². The minimum Gasteiger partial charge on any atom is -0.0878 e. The molecule has 182 valence electrons. The molecule has 0 fully saturated rings. The van der Waals surface area contributed by atoms with Gasteiger partial charge < -0.3 is 0 Å². The molecule has 0 aliphatic heterocycles. The van der Waals surface area contributed by atoms with E-state index in [2.05, 4.69) is 12.8 Å². The third-order valence-electron chi connectivity index (χ3n) is 6.73. The number of hydrogen-bond donors (Lipinski definition) is 0. The standard InChI is InChI=1S/C30H57N/c1-2-3-4-5-6-7-8-9-10-11-12-13-14-15-16-17-18-19-20-21-22-23-24-25-26-27-28-29-30-31/h2-28H2,1H3. The first-order valence-electron chi connectivity index (χ1n) is 14.5. The summed E-state index contributed by atoms with van der Waals surface area (Å²) < 4.78 is 0. The predicted molar refractivity (Wildman–Crippen MR) is 140 cm³/mol. The van der Waals surface area contributed by atoms with Crippen molar-refractivity contribution in [3.8, 4) is 12.0 Å². The Morgan fingerprint density at radius 2 is 0.581 bits per heavy atom. The SMILES string of the molecule is CCCCCCCCCCCCCCCCCCCCCCCCCCCCC#C[N]. The van der Waals surface area contributed by atoms with E-state index < -0.39 is 0 Å². The van der Waals surface area contributed by atoms with Gasteiger partial charge in [0.1, 0.15) is 0 Å². The predicted octanol–water partition coefficient (Wildman–Crippen LogP) is 10.6. The number of unbranched alkanes of at least 4 members (excludes halogenated alkanes) is 26. The monoisotopic (exact) mass is 431 g/mol.